The quantitative estimate of drug-likeness (QED) is 0.799. The maximum atomic E-state index is 13.0. The number of halogens is 1. The monoisotopic (exact) mass is 406 g/mol. The molecule has 1 aliphatic rings. The second-order valence-electron chi connectivity index (χ2n) is 6.76. The van der Waals surface area contributed by atoms with Crippen LogP contribution < -0.4 is 9.46 Å². The molecule has 1 saturated heterocycles. The number of carbonyl (C=O) groups excluding carboxylic acids is 1. The minimum Gasteiger partial charge on any atom is -0.497 e. The standard InChI is InChI=1S/C20H23FN2O4S/c1-27-18-4-2-3-15(13-18)14-20(24)23-11-9-17(10-12-23)22-28(25,26)19-7-5-16(21)6-8-19/h2-8,13,17,22H,9-12,14H2,1H3. The summed E-state index contributed by atoms with van der Waals surface area (Å²) >= 11 is 0. The Morgan fingerprint density at radius 1 is 1.18 bits per heavy atom. The number of methoxy groups -OCH3 is 1. The van der Waals surface area contributed by atoms with Crippen LogP contribution in [0.5, 0.6) is 5.75 Å². The van der Waals surface area contributed by atoms with Crippen molar-refractivity contribution >= 4 is 15.9 Å². The number of nitrogens with one attached hydrogen (secondary N) is 1. The summed E-state index contributed by atoms with van der Waals surface area (Å²) in [6.45, 7) is 0.971. The number of piperidine rings is 1. The molecule has 0 bridgehead atoms. The maximum Gasteiger partial charge on any atom is 0.240 e. The van der Waals surface area contributed by atoms with E-state index < -0.39 is 15.8 Å². The summed E-state index contributed by atoms with van der Waals surface area (Å²) in [7, 11) is -2.12. The number of ether oxygens (including phenoxy) is 1. The first-order chi connectivity index (χ1) is 13.4. The highest BCUT2D eigenvalue weighted by Crippen LogP contribution is 2.18. The molecule has 3 rings (SSSR count). The predicted octanol–water partition coefficient (Wildman–Crippen LogP) is 2.35. The minimum absolute atomic E-state index is 0.00750. The van der Waals surface area contributed by atoms with Gasteiger partial charge in [0.05, 0.1) is 18.4 Å². The first-order valence-electron chi connectivity index (χ1n) is 9.06. The van der Waals surface area contributed by atoms with Crippen molar-refractivity contribution in [2.24, 2.45) is 0 Å². The molecule has 0 aromatic heterocycles. The van der Waals surface area contributed by atoms with E-state index in [-0.39, 0.29) is 23.3 Å². The Bertz CT molecular complexity index is 923. The minimum atomic E-state index is -3.70. The summed E-state index contributed by atoms with van der Waals surface area (Å²) in [5.41, 5.74) is 0.878. The second-order valence-corrected chi connectivity index (χ2v) is 8.47. The van der Waals surface area contributed by atoms with Gasteiger partial charge in [-0.2, -0.15) is 0 Å². The van der Waals surface area contributed by atoms with Gasteiger partial charge in [0.15, 0.2) is 0 Å². The third-order valence-corrected chi connectivity index (χ3v) is 6.32. The van der Waals surface area contributed by atoms with E-state index in [4.69, 9.17) is 4.74 Å². The van der Waals surface area contributed by atoms with Crippen LogP contribution >= 0.6 is 0 Å². The van der Waals surface area contributed by atoms with Crippen molar-refractivity contribution in [3.05, 3.63) is 59.9 Å². The molecule has 8 heteroatoms. The van der Waals surface area contributed by atoms with Gasteiger partial charge in [0.2, 0.25) is 15.9 Å². The number of hydrogen-bond donors (Lipinski definition) is 1. The smallest absolute Gasteiger partial charge is 0.240 e. The number of amides is 1. The van der Waals surface area contributed by atoms with E-state index in [2.05, 4.69) is 4.72 Å². The molecule has 1 N–H and O–H groups in total. The normalized spacial score (nSPS) is 15.4. The molecule has 0 atom stereocenters. The van der Waals surface area contributed by atoms with Crippen LogP contribution in [0.1, 0.15) is 18.4 Å². The molecule has 6 nitrogen and oxygen atoms in total. The third kappa shape index (κ3) is 5.08. The zero-order valence-corrected chi connectivity index (χ0v) is 16.4. The predicted molar refractivity (Wildman–Crippen MR) is 103 cm³/mol. The molecule has 0 unspecified atom stereocenters. The molecule has 0 spiro atoms. The third-order valence-electron chi connectivity index (χ3n) is 4.78. The Morgan fingerprint density at radius 3 is 2.50 bits per heavy atom. The lowest BCUT2D eigenvalue weighted by molar-refractivity contribution is -0.131. The largest absolute Gasteiger partial charge is 0.497 e. The molecule has 28 heavy (non-hydrogen) atoms. The van der Waals surface area contributed by atoms with Crippen LogP contribution in [0, 0.1) is 5.82 Å². The highest BCUT2D eigenvalue weighted by atomic mass is 32.2. The summed E-state index contributed by atoms with van der Waals surface area (Å²) in [6, 6.07) is 11.9. The average molecular weight is 406 g/mol. The first-order valence-corrected chi connectivity index (χ1v) is 10.5. The Labute approximate surface area is 164 Å². The lowest BCUT2D eigenvalue weighted by Gasteiger charge is -2.32. The zero-order valence-electron chi connectivity index (χ0n) is 15.6. The van der Waals surface area contributed by atoms with Crippen LogP contribution in [0.2, 0.25) is 0 Å². The van der Waals surface area contributed by atoms with E-state index in [1.807, 2.05) is 24.3 Å². The zero-order chi connectivity index (χ0) is 20.1. The number of likely N-dealkylation sites (tertiary alicyclic amines) is 1. The van der Waals surface area contributed by atoms with Gasteiger partial charge in [-0.05, 0) is 54.8 Å². The molecule has 1 fully saturated rings. The van der Waals surface area contributed by atoms with Crippen LogP contribution in [0.4, 0.5) is 4.39 Å². The number of sulfonamides is 1. The van der Waals surface area contributed by atoms with E-state index >= 15 is 0 Å². The summed E-state index contributed by atoms with van der Waals surface area (Å²) in [4.78, 5) is 14.3. The van der Waals surface area contributed by atoms with Crippen molar-refractivity contribution in [1.29, 1.82) is 0 Å². The van der Waals surface area contributed by atoms with Crippen molar-refractivity contribution in [2.75, 3.05) is 20.2 Å². The van der Waals surface area contributed by atoms with Crippen molar-refractivity contribution in [1.82, 2.24) is 9.62 Å². The Hall–Kier alpha value is -2.45. The molecular weight excluding hydrogens is 383 g/mol. The van der Waals surface area contributed by atoms with Crippen molar-refractivity contribution in [3.63, 3.8) is 0 Å². The van der Waals surface area contributed by atoms with Crippen molar-refractivity contribution in [3.8, 4) is 5.75 Å². The first kappa shape index (κ1) is 20.3. The van der Waals surface area contributed by atoms with Gasteiger partial charge in [0.25, 0.3) is 0 Å². The lowest BCUT2D eigenvalue weighted by Crippen LogP contribution is -2.46. The lowest BCUT2D eigenvalue weighted by atomic mass is 10.0. The van der Waals surface area contributed by atoms with E-state index in [9.17, 15) is 17.6 Å². The summed E-state index contributed by atoms with van der Waals surface area (Å²) in [5, 5.41) is 0. The summed E-state index contributed by atoms with van der Waals surface area (Å²) < 4.78 is 45.6. The van der Waals surface area contributed by atoms with Gasteiger partial charge in [-0.25, -0.2) is 17.5 Å². The molecule has 150 valence electrons. The molecule has 0 radical (unpaired) electrons. The van der Waals surface area contributed by atoms with Gasteiger partial charge in [0, 0.05) is 19.1 Å². The van der Waals surface area contributed by atoms with Crippen molar-refractivity contribution in [2.45, 2.75) is 30.2 Å². The molecule has 1 aliphatic heterocycles. The molecule has 0 saturated carbocycles. The van der Waals surface area contributed by atoms with E-state index in [0.29, 0.717) is 31.7 Å². The van der Waals surface area contributed by atoms with E-state index in [1.54, 1.807) is 12.0 Å². The number of rotatable bonds is 6. The molecule has 2 aromatic rings. The van der Waals surface area contributed by atoms with Crippen LogP contribution in [0.25, 0.3) is 0 Å². The average Bonchev–Trinajstić information content (AvgIpc) is 2.68. The molecule has 1 amide bonds. The fourth-order valence-electron chi connectivity index (χ4n) is 3.22. The van der Waals surface area contributed by atoms with Gasteiger partial charge in [0.1, 0.15) is 11.6 Å². The van der Waals surface area contributed by atoms with Crippen LogP contribution in [0.3, 0.4) is 0 Å². The highest BCUT2D eigenvalue weighted by molar-refractivity contribution is 7.89. The molecule has 1 heterocycles. The van der Waals surface area contributed by atoms with Crippen LogP contribution in [-0.2, 0) is 21.2 Å². The van der Waals surface area contributed by atoms with Crippen LogP contribution in [-0.4, -0.2) is 45.5 Å². The Kier molecular flexibility index (Phi) is 6.31. The topological polar surface area (TPSA) is 75.7 Å². The SMILES string of the molecule is COc1cccc(CC(=O)N2CCC(NS(=O)(=O)c3ccc(F)cc3)CC2)c1. The fraction of sp³-hybridized carbons (Fsp3) is 0.350. The number of benzene rings is 2. The van der Waals surface area contributed by atoms with Gasteiger partial charge in [-0.15, -0.1) is 0 Å². The van der Waals surface area contributed by atoms with Gasteiger partial charge in [-0.3, -0.25) is 4.79 Å². The summed E-state index contributed by atoms with van der Waals surface area (Å²) in [6.07, 6.45) is 1.34. The highest BCUT2D eigenvalue weighted by Gasteiger charge is 2.26. The van der Waals surface area contributed by atoms with E-state index in [0.717, 1.165) is 17.7 Å². The fourth-order valence-corrected chi connectivity index (χ4v) is 4.52. The Balaban J connectivity index is 1.53. The number of carbonyl (C=O) groups is 1. The molecule has 2 aromatic carbocycles. The Morgan fingerprint density at radius 2 is 1.86 bits per heavy atom. The summed E-state index contributed by atoms with van der Waals surface area (Å²) in [5.74, 6) is 0.231. The second kappa shape index (κ2) is 8.70. The van der Waals surface area contributed by atoms with Gasteiger partial charge >= 0.3 is 0 Å². The van der Waals surface area contributed by atoms with Crippen molar-refractivity contribution < 1.29 is 22.3 Å². The maximum absolute atomic E-state index is 13.0. The molecular formula is C20H23FN2O4S. The van der Waals surface area contributed by atoms with Crippen LogP contribution in [0.15, 0.2) is 53.4 Å². The van der Waals surface area contributed by atoms with Gasteiger partial charge in [-0.1, -0.05) is 12.1 Å². The number of hydrogen-bond acceptors (Lipinski definition) is 4. The van der Waals surface area contributed by atoms with Gasteiger partial charge < -0.3 is 9.64 Å². The number of nitrogens with zero attached hydrogens (tertiary/aromatic N) is 1. The van der Waals surface area contributed by atoms with E-state index in [1.165, 1.54) is 12.1 Å². The molecule has 0 aliphatic carbocycles.